The number of nitrogens with two attached hydrogens (primary N) is 1. The van der Waals surface area contributed by atoms with Crippen LogP contribution in [-0.4, -0.2) is 20.9 Å². The second kappa shape index (κ2) is 5.85. The van der Waals surface area contributed by atoms with Crippen molar-refractivity contribution in [3.05, 3.63) is 41.0 Å². The number of anilines is 1. The van der Waals surface area contributed by atoms with Gasteiger partial charge in [-0.15, -0.1) is 0 Å². The summed E-state index contributed by atoms with van der Waals surface area (Å²) in [6.45, 7) is 0.618. The number of halogens is 8. The summed E-state index contributed by atoms with van der Waals surface area (Å²) in [6.07, 6.45) is -11.3. The molecule has 0 aliphatic rings. The van der Waals surface area contributed by atoms with Gasteiger partial charge in [-0.3, -0.25) is 9.67 Å². The zero-order valence-electron chi connectivity index (χ0n) is 12.4. The second-order valence-electron chi connectivity index (χ2n) is 5.12. The summed E-state index contributed by atoms with van der Waals surface area (Å²) in [5.74, 6) is -5.52. The molecule has 0 spiro atoms. The third kappa shape index (κ3) is 3.66. The Bertz CT molecular complexity index is 775. The summed E-state index contributed by atoms with van der Waals surface area (Å²) in [5, 5.41) is 2.85. The van der Waals surface area contributed by atoms with Gasteiger partial charge in [-0.25, -0.2) is 0 Å². The molecule has 0 saturated carbocycles. The molecule has 4 nitrogen and oxygen atoms in total. The molecule has 0 aromatic carbocycles. The first-order valence-electron chi connectivity index (χ1n) is 6.55. The van der Waals surface area contributed by atoms with Gasteiger partial charge in [0, 0.05) is 0 Å². The van der Waals surface area contributed by atoms with Crippen LogP contribution in [0.5, 0.6) is 0 Å². The molecule has 2 heterocycles. The van der Waals surface area contributed by atoms with Gasteiger partial charge < -0.3 is 5.73 Å². The lowest BCUT2D eigenvalue weighted by Gasteiger charge is -2.20. The zero-order chi connectivity index (χ0) is 19.2. The fourth-order valence-corrected chi connectivity index (χ4v) is 1.94. The number of aryl methyl sites for hydroxylation is 1. The minimum absolute atomic E-state index is 0.0612. The number of alkyl halides is 8. The molecule has 2 rings (SSSR count). The first-order chi connectivity index (χ1) is 11.2. The average molecular weight is 374 g/mol. The number of hydrogen-bond donors (Lipinski definition) is 1. The normalized spacial score (nSPS) is 13.3. The van der Waals surface area contributed by atoms with E-state index >= 15 is 0 Å². The van der Waals surface area contributed by atoms with Crippen molar-refractivity contribution in [3.8, 4) is 0 Å². The molecule has 2 aromatic heterocycles. The second-order valence-corrected chi connectivity index (χ2v) is 5.12. The molecule has 25 heavy (non-hydrogen) atoms. The summed E-state index contributed by atoms with van der Waals surface area (Å²) in [4.78, 5) is 3.83. The van der Waals surface area contributed by atoms with E-state index in [-0.39, 0.29) is 27.8 Å². The highest BCUT2D eigenvalue weighted by molar-refractivity contribution is 5.42. The third-order valence-electron chi connectivity index (χ3n) is 3.24. The number of nitrogens with zero attached hydrogens (tertiary/aromatic N) is 3. The van der Waals surface area contributed by atoms with E-state index in [9.17, 15) is 35.1 Å². The van der Waals surface area contributed by atoms with E-state index in [0.29, 0.717) is 0 Å². The number of nitrogen functional groups attached to an aromatic ring is 1. The van der Waals surface area contributed by atoms with Crippen molar-refractivity contribution in [3.63, 3.8) is 0 Å². The smallest absolute Gasteiger partial charge is 0.397 e. The van der Waals surface area contributed by atoms with Crippen molar-refractivity contribution in [2.24, 2.45) is 0 Å². The summed E-state index contributed by atoms with van der Waals surface area (Å²) in [7, 11) is 0. The van der Waals surface area contributed by atoms with Gasteiger partial charge in [-0.05, 0) is 25.1 Å². The molecular weight excluding hydrogens is 364 g/mol. The third-order valence-corrected chi connectivity index (χ3v) is 3.24. The van der Waals surface area contributed by atoms with Gasteiger partial charge in [-0.1, -0.05) is 0 Å². The van der Waals surface area contributed by atoms with E-state index in [1.807, 2.05) is 0 Å². The van der Waals surface area contributed by atoms with Crippen LogP contribution in [0.2, 0.25) is 0 Å². The monoisotopic (exact) mass is 374 g/mol. The Hall–Kier alpha value is -2.40. The lowest BCUT2D eigenvalue weighted by atomic mass is 10.2. The molecule has 0 amide bonds. The zero-order valence-corrected chi connectivity index (χ0v) is 12.4. The highest BCUT2D eigenvalue weighted by atomic mass is 19.4. The Kier molecular flexibility index (Phi) is 4.43. The lowest BCUT2D eigenvalue weighted by Crippen LogP contribution is -2.36. The van der Waals surface area contributed by atoms with E-state index in [4.69, 9.17) is 5.73 Å². The van der Waals surface area contributed by atoms with Gasteiger partial charge in [0.05, 0.1) is 23.6 Å². The van der Waals surface area contributed by atoms with Crippen LogP contribution in [0.25, 0.3) is 0 Å². The first kappa shape index (κ1) is 18.9. The van der Waals surface area contributed by atoms with Crippen LogP contribution in [0.15, 0.2) is 18.2 Å². The van der Waals surface area contributed by atoms with Crippen molar-refractivity contribution in [2.75, 3.05) is 5.73 Å². The molecule has 0 saturated heterocycles. The summed E-state index contributed by atoms with van der Waals surface area (Å²) >= 11 is 0. The Morgan fingerprint density at radius 3 is 2.12 bits per heavy atom. The number of pyridine rings is 1. The Morgan fingerprint density at radius 1 is 1.04 bits per heavy atom. The molecule has 0 aliphatic carbocycles. The number of aromatic nitrogens is 3. The Balaban J connectivity index is 2.55. The molecule has 0 bridgehead atoms. The standard InChI is InChI=1S/C13H10F8N4/c1-6-8(22)3-2-7(23-6)5-25-10(11(14,15)13(19,20)21)4-9(24-25)12(16,17)18/h2-4H,5,22H2,1H3. The number of hydrogen-bond acceptors (Lipinski definition) is 3. The summed E-state index contributed by atoms with van der Waals surface area (Å²) in [5.41, 5.74) is 2.09. The highest BCUT2D eigenvalue weighted by Gasteiger charge is 2.61. The van der Waals surface area contributed by atoms with Crippen LogP contribution in [0.3, 0.4) is 0 Å². The highest BCUT2D eigenvalue weighted by Crippen LogP contribution is 2.45. The fourth-order valence-electron chi connectivity index (χ4n) is 1.94. The fraction of sp³-hybridized carbons (Fsp3) is 0.385. The predicted molar refractivity (Wildman–Crippen MR) is 69.7 cm³/mol. The molecule has 138 valence electrons. The van der Waals surface area contributed by atoms with Gasteiger partial charge in [0.1, 0.15) is 5.69 Å². The van der Waals surface area contributed by atoms with E-state index in [2.05, 4.69) is 10.1 Å². The van der Waals surface area contributed by atoms with Gasteiger partial charge >= 0.3 is 18.3 Å². The average Bonchev–Trinajstić information content (AvgIpc) is 2.86. The van der Waals surface area contributed by atoms with Crippen molar-refractivity contribution in [1.82, 2.24) is 14.8 Å². The van der Waals surface area contributed by atoms with Gasteiger partial charge in [-0.2, -0.15) is 40.2 Å². The number of rotatable bonds is 3. The lowest BCUT2D eigenvalue weighted by molar-refractivity contribution is -0.292. The van der Waals surface area contributed by atoms with E-state index in [1.165, 1.54) is 19.1 Å². The van der Waals surface area contributed by atoms with Crippen LogP contribution in [0.1, 0.15) is 22.8 Å². The molecule has 0 atom stereocenters. The molecule has 12 heteroatoms. The molecule has 0 unspecified atom stereocenters. The van der Waals surface area contributed by atoms with Crippen LogP contribution in [-0.2, 0) is 18.6 Å². The maximum Gasteiger partial charge on any atom is 0.459 e. The van der Waals surface area contributed by atoms with Gasteiger partial charge in [0.2, 0.25) is 0 Å². The van der Waals surface area contributed by atoms with Crippen LogP contribution < -0.4 is 5.73 Å². The maximum absolute atomic E-state index is 13.6. The van der Waals surface area contributed by atoms with Crippen LogP contribution in [0.4, 0.5) is 40.8 Å². The molecule has 0 radical (unpaired) electrons. The molecule has 2 N–H and O–H groups in total. The minimum Gasteiger partial charge on any atom is -0.397 e. The Labute approximate surface area is 135 Å². The maximum atomic E-state index is 13.6. The molecular formula is C13H10F8N4. The van der Waals surface area contributed by atoms with Crippen molar-refractivity contribution in [2.45, 2.75) is 31.7 Å². The van der Waals surface area contributed by atoms with Crippen molar-refractivity contribution in [1.29, 1.82) is 0 Å². The quantitative estimate of drug-likeness (QED) is 0.830. The van der Waals surface area contributed by atoms with Gasteiger partial charge in [0.25, 0.3) is 0 Å². The van der Waals surface area contributed by atoms with E-state index in [0.717, 1.165) is 0 Å². The van der Waals surface area contributed by atoms with Crippen LogP contribution >= 0.6 is 0 Å². The largest absolute Gasteiger partial charge is 0.459 e. The van der Waals surface area contributed by atoms with Crippen molar-refractivity contribution < 1.29 is 35.1 Å². The minimum atomic E-state index is -6.09. The molecule has 2 aromatic rings. The molecule has 0 fully saturated rings. The first-order valence-corrected chi connectivity index (χ1v) is 6.55. The van der Waals surface area contributed by atoms with Crippen molar-refractivity contribution >= 4 is 5.69 Å². The Morgan fingerprint density at radius 2 is 1.64 bits per heavy atom. The summed E-state index contributed by atoms with van der Waals surface area (Å²) < 4.78 is 103. The SMILES string of the molecule is Cc1nc(Cn2nc(C(F)(F)F)cc2C(F)(F)C(F)(F)F)ccc1N. The van der Waals surface area contributed by atoms with E-state index in [1.54, 1.807) is 0 Å². The summed E-state index contributed by atoms with van der Waals surface area (Å²) in [6, 6.07) is 2.16. The predicted octanol–water partition coefficient (Wildman–Crippen LogP) is 3.89. The topological polar surface area (TPSA) is 56.7 Å². The molecule has 0 aliphatic heterocycles. The van der Waals surface area contributed by atoms with E-state index < -0.39 is 36.2 Å². The van der Waals surface area contributed by atoms with Gasteiger partial charge in [0.15, 0.2) is 5.69 Å². The van der Waals surface area contributed by atoms with Crippen LogP contribution in [0, 0.1) is 6.92 Å².